The van der Waals surface area contributed by atoms with Crippen LogP contribution < -0.4 is 15.4 Å². The van der Waals surface area contributed by atoms with Gasteiger partial charge in [-0.25, -0.2) is 0 Å². The van der Waals surface area contributed by atoms with Gasteiger partial charge in [0.2, 0.25) is 5.91 Å². The second-order valence-electron chi connectivity index (χ2n) is 5.44. The van der Waals surface area contributed by atoms with Gasteiger partial charge in [-0.1, -0.05) is 18.6 Å². The van der Waals surface area contributed by atoms with E-state index in [1.807, 2.05) is 24.3 Å². The minimum absolute atomic E-state index is 0.0787. The van der Waals surface area contributed by atoms with Crippen LogP contribution in [0.5, 0.6) is 5.75 Å². The third-order valence-corrected chi connectivity index (χ3v) is 3.86. The van der Waals surface area contributed by atoms with Crippen LogP contribution in [0, 0.1) is 0 Å². The van der Waals surface area contributed by atoms with Gasteiger partial charge in [-0.05, 0) is 44.0 Å². The maximum absolute atomic E-state index is 12.0. The van der Waals surface area contributed by atoms with Crippen LogP contribution >= 0.6 is 0 Å². The Bertz CT molecular complexity index is 425. The minimum Gasteiger partial charge on any atom is -0.497 e. The summed E-state index contributed by atoms with van der Waals surface area (Å²) in [7, 11) is 1.64. The van der Waals surface area contributed by atoms with Crippen molar-refractivity contribution in [2.75, 3.05) is 13.7 Å². The number of hydrogen-bond donors (Lipinski definition) is 2. The van der Waals surface area contributed by atoms with E-state index in [1.165, 1.54) is 12.8 Å². The van der Waals surface area contributed by atoms with E-state index in [0.29, 0.717) is 12.5 Å². The third kappa shape index (κ3) is 4.23. The van der Waals surface area contributed by atoms with Crippen molar-refractivity contribution in [3.05, 3.63) is 29.8 Å². The molecule has 0 saturated carbocycles. The number of ether oxygens (including phenoxy) is 1. The van der Waals surface area contributed by atoms with Crippen molar-refractivity contribution in [2.24, 2.45) is 0 Å². The van der Waals surface area contributed by atoms with Crippen LogP contribution in [-0.4, -0.2) is 31.6 Å². The van der Waals surface area contributed by atoms with Gasteiger partial charge in [0.05, 0.1) is 13.5 Å². The molecule has 1 aliphatic heterocycles. The molecule has 1 saturated heterocycles. The zero-order valence-corrected chi connectivity index (χ0v) is 12.3. The monoisotopic (exact) mass is 276 g/mol. The molecule has 4 heteroatoms. The van der Waals surface area contributed by atoms with Crippen molar-refractivity contribution >= 4 is 5.91 Å². The molecule has 2 atom stereocenters. The molecule has 2 rings (SSSR count). The molecular formula is C16H24N2O2. The molecule has 2 N–H and O–H groups in total. The van der Waals surface area contributed by atoms with Crippen LogP contribution in [0.1, 0.15) is 31.7 Å². The molecule has 0 bridgehead atoms. The molecule has 1 heterocycles. The van der Waals surface area contributed by atoms with Crippen LogP contribution in [-0.2, 0) is 11.2 Å². The Labute approximate surface area is 120 Å². The van der Waals surface area contributed by atoms with E-state index in [9.17, 15) is 4.79 Å². The second kappa shape index (κ2) is 7.29. The lowest BCUT2D eigenvalue weighted by molar-refractivity contribution is -0.121. The summed E-state index contributed by atoms with van der Waals surface area (Å²) in [6, 6.07) is 8.22. The van der Waals surface area contributed by atoms with Gasteiger partial charge in [-0.15, -0.1) is 0 Å². The summed E-state index contributed by atoms with van der Waals surface area (Å²) >= 11 is 0. The molecule has 0 radical (unpaired) electrons. The molecule has 0 aliphatic carbocycles. The van der Waals surface area contributed by atoms with Gasteiger partial charge in [-0.2, -0.15) is 0 Å². The summed E-state index contributed by atoms with van der Waals surface area (Å²) in [5, 5.41) is 6.57. The van der Waals surface area contributed by atoms with E-state index in [2.05, 4.69) is 17.6 Å². The molecule has 110 valence electrons. The standard InChI is InChI=1S/C16H24N2O2/c1-12(15-5-3-4-10-17-15)18-16(19)11-13-6-8-14(20-2)9-7-13/h6-9,12,15,17H,3-5,10-11H2,1-2H3,(H,18,19). The number of amides is 1. The number of rotatable bonds is 5. The van der Waals surface area contributed by atoms with E-state index >= 15 is 0 Å². The molecule has 1 amide bonds. The molecule has 1 aliphatic rings. The van der Waals surface area contributed by atoms with Crippen molar-refractivity contribution in [3.8, 4) is 5.75 Å². The minimum atomic E-state index is 0.0787. The van der Waals surface area contributed by atoms with E-state index in [1.54, 1.807) is 7.11 Å². The highest BCUT2D eigenvalue weighted by Crippen LogP contribution is 2.13. The van der Waals surface area contributed by atoms with Gasteiger partial charge < -0.3 is 15.4 Å². The largest absolute Gasteiger partial charge is 0.497 e. The van der Waals surface area contributed by atoms with Crippen molar-refractivity contribution in [1.29, 1.82) is 0 Å². The molecular weight excluding hydrogens is 252 g/mol. The number of nitrogens with one attached hydrogen (secondary N) is 2. The number of hydrogen-bond acceptors (Lipinski definition) is 3. The molecule has 4 nitrogen and oxygen atoms in total. The van der Waals surface area contributed by atoms with E-state index in [4.69, 9.17) is 4.74 Å². The first-order valence-corrected chi connectivity index (χ1v) is 7.34. The first-order chi connectivity index (χ1) is 9.69. The number of benzene rings is 1. The van der Waals surface area contributed by atoms with E-state index in [-0.39, 0.29) is 11.9 Å². The van der Waals surface area contributed by atoms with Crippen LogP contribution in [0.4, 0.5) is 0 Å². The quantitative estimate of drug-likeness (QED) is 0.863. The zero-order chi connectivity index (χ0) is 14.4. The van der Waals surface area contributed by atoms with E-state index < -0.39 is 0 Å². The Morgan fingerprint density at radius 1 is 1.40 bits per heavy atom. The SMILES string of the molecule is COc1ccc(CC(=O)NC(C)C2CCCCN2)cc1. The molecule has 2 unspecified atom stereocenters. The van der Waals surface area contributed by atoms with Crippen LogP contribution in [0.2, 0.25) is 0 Å². The Morgan fingerprint density at radius 3 is 2.75 bits per heavy atom. The van der Waals surface area contributed by atoms with E-state index in [0.717, 1.165) is 24.3 Å². The topological polar surface area (TPSA) is 50.4 Å². The fraction of sp³-hybridized carbons (Fsp3) is 0.562. The summed E-state index contributed by atoms with van der Waals surface area (Å²) in [4.78, 5) is 12.0. The fourth-order valence-electron chi connectivity index (χ4n) is 2.64. The second-order valence-corrected chi connectivity index (χ2v) is 5.44. The van der Waals surface area contributed by atoms with Crippen molar-refractivity contribution in [1.82, 2.24) is 10.6 Å². The first-order valence-electron chi connectivity index (χ1n) is 7.34. The highest BCUT2D eigenvalue weighted by atomic mass is 16.5. The molecule has 20 heavy (non-hydrogen) atoms. The lowest BCUT2D eigenvalue weighted by Crippen LogP contribution is -2.50. The maximum Gasteiger partial charge on any atom is 0.224 e. The Morgan fingerprint density at radius 2 is 2.15 bits per heavy atom. The summed E-state index contributed by atoms with van der Waals surface area (Å²) in [5.41, 5.74) is 1.01. The summed E-state index contributed by atoms with van der Waals surface area (Å²) in [5.74, 6) is 0.893. The van der Waals surface area contributed by atoms with Crippen LogP contribution in [0.3, 0.4) is 0 Å². The highest BCUT2D eigenvalue weighted by molar-refractivity contribution is 5.78. The van der Waals surface area contributed by atoms with Crippen molar-refractivity contribution < 1.29 is 9.53 Å². The summed E-state index contributed by atoms with van der Waals surface area (Å²) < 4.78 is 5.11. The summed E-state index contributed by atoms with van der Waals surface area (Å²) in [6.45, 7) is 3.14. The predicted octanol–water partition coefficient (Wildman–Crippen LogP) is 1.88. The van der Waals surface area contributed by atoms with Gasteiger partial charge in [0.25, 0.3) is 0 Å². The Balaban J connectivity index is 1.81. The molecule has 0 spiro atoms. The number of piperidine rings is 1. The third-order valence-electron chi connectivity index (χ3n) is 3.86. The Kier molecular flexibility index (Phi) is 5.41. The normalized spacial score (nSPS) is 20.2. The van der Waals surface area contributed by atoms with Gasteiger partial charge in [0, 0.05) is 12.1 Å². The van der Waals surface area contributed by atoms with Crippen LogP contribution in [0.15, 0.2) is 24.3 Å². The number of methoxy groups -OCH3 is 1. The maximum atomic E-state index is 12.0. The van der Waals surface area contributed by atoms with Crippen molar-refractivity contribution in [2.45, 2.75) is 44.7 Å². The number of carbonyl (C=O) groups excluding carboxylic acids is 1. The van der Waals surface area contributed by atoms with Crippen LogP contribution in [0.25, 0.3) is 0 Å². The predicted molar refractivity (Wildman–Crippen MR) is 79.9 cm³/mol. The zero-order valence-electron chi connectivity index (χ0n) is 12.3. The summed E-state index contributed by atoms with van der Waals surface area (Å²) in [6.07, 6.45) is 4.05. The first kappa shape index (κ1) is 14.9. The molecule has 0 aromatic heterocycles. The fourth-order valence-corrected chi connectivity index (χ4v) is 2.64. The Hall–Kier alpha value is -1.55. The van der Waals surface area contributed by atoms with Gasteiger partial charge in [0.15, 0.2) is 0 Å². The van der Waals surface area contributed by atoms with Gasteiger partial charge >= 0.3 is 0 Å². The van der Waals surface area contributed by atoms with Gasteiger partial charge in [-0.3, -0.25) is 4.79 Å². The smallest absolute Gasteiger partial charge is 0.224 e. The van der Waals surface area contributed by atoms with Gasteiger partial charge in [0.1, 0.15) is 5.75 Å². The molecule has 1 aromatic rings. The molecule has 1 fully saturated rings. The number of carbonyl (C=O) groups is 1. The lowest BCUT2D eigenvalue weighted by atomic mass is 9.99. The lowest BCUT2D eigenvalue weighted by Gasteiger charge is -2.29. The van der Waals surface area contributed by atoms with Crippen molar-refractivity contribution in [3.63, 3.8) is 0 Å². The highest BCUT2D eigenvalue weighted by Gasteiger charge is 2.20. The average Bonchev–Trinajstić information content (AvgIpc) is 2.49. The average molecular weight is 276 g/mol. The molecule has 1 aromatic carbocycles.